The van der Waals surface area contributed by atoms with E-state index in [1.807, 2.05) is 27.7 Å². The SMILES string of the molecule is CCNS(=O)(=O)c1cc(C(=O)NC(C)C)ccc1-c1cnc(C2CCC(NC(=O)OC(C)C)CC2)s1. The van der Waals surface area contributed by atoms with E-state index < -0.39 is 10.0 Å². The monoisotopic (exact) mass is 536 g/mol. The minimum atomic E-state index is -3.82. The number of carbonyl (C=O) groups is 2. The molecule has 3 N–H and O–H groups in total. The van der Waals surface area contributed by atoms with Crippen LogP contribution in [0.3, 0.4) is 0 Å². The molecule has 0 spiro atoms. The number of rotatable bonds is 9. The zero-order valence-electron chi connectivity index (χ0n) is 21.5. The highest BCUT2D eigenvalue weighted by Gasteiger charge is 2.27. The molecule has 0 bridgehead atoms. The summed E-state index contributed by atoms with van der Waals surface area (Å²) >= 11 is 1.47. The summed E-state index contributed by atoms with van der Waals surface area (Å²) in [4.78, 5) is 29.8. The fraction of sp³-hybridized carbons (Fsp3) is 0.560. The van der Waals surface area contributed by atoms with Gasteiger partial charge < -0.3 is 15.4 Å². The van der Waals surface area contributed by atoms with Crippen molar-refractivity contribution in [3.05, 3.63) is 35.0 Å². The molecule has 1 aromatic carbocycles. The van der Waals surface area contributed by atoms with Crippen LogP contribution in [0.1, 0.15) is 81.6 Å². The molecule has 3 rings (SSSR count). The van der Waals surface area contributed by atoms with E-state index >= 15 is 0 Å². The largest absolute Gasteiger partial charge is 0.447 e. The Hall–Kier alpha value is -2.50. The number of sulfonamides is 1. The molecule has 198 valence electrons. The molecule has 2 aromatic rings. The van der Waals surface area contributed by atoms with Gasteiger partial charge in [-0.1, -0.05) is 13.0 Å². The van der Waals surface area contributed by atoms with E-state index in [2.05, 4.69) is 20.3 Å². The molecule has 9 nitrogen and oxygen atoms in total. The quantitative estimate of drug-likeness (QED) is 0.436. The van der Waals surface area contributed by atoms with Crippen molar-refractivity contribution in [2.45, 2.75) is 89.3 Å². The van der Waals surface area contributed by atoms with Gasteiger partial charge in [0.05, 0.1) is 20.9 Å². The highest BCUT2D eigenvalue weighted by atomic mass is 32.2. The predicted molar refractivity (Wildman–Crippen MR) is 141 cm³/mol. The van der Waals surface area contributed by atoms with Gasteiger partial charge in [0.2, 0.25) is 10.0 Å². The van der Waals surface area contributed by atoms with Crippen LogP contribution in [0.5, 0.6) is 0 Å². The number of hydrogen-bond acceptors (Lipinski definition) is 7. The van der Waals surface area contributed by atoms with Gasteiger partial charge >= 0.3 is 6.09 Å². The van der Waals surface area contributed by atoms with Crippen LogP contribution in [0.4, 0.5) is 4.79 Å². The Morgan fingerprint density at radius 2 is 1.83 bits per heavy atom. The molecule has 0 atom stereocenters. The fourth-order valence-corrected chi connectivity index (χ4v) is 6.68. The Bertz CT molecular complexity index is 1170. The van der Waals surface area contributed by atoms with E-state index in [0.29, 0.717) is 5.56 Å². The Morgan fingerprint density at radius 1 is 1.14 bits per heavy atom. The zero-order chi connectivity index (χ0) is 26.5. The molecule has 1 aliphatic rings. The number of ether oxygens (including phenoxy) is 1. The van der Waals surface area contributed by atoms with Gasteiger partial charge in [-0.05, 0) is 65.5 Å². The molecular formula is C25H36N4O5S2. The first-order valence-corrected chi connectivity index (χ1v) is 14.7. The number of nitrogens with zero attached hydrogens (tertiary/aromatic N) is 1. The number of nitrogens with one attached hydrogen (secondary N) is 3. The number of aromatic nitrogens is 1. The summed E-state index contributed by atoms with van der Waals surface area (Å²) in [6, 6.07) is 4.76. The Labute approximate surface area is 217 Å². The van der Waals surface area contributed by atoms with Crippen LogP contribution in [-0.2, 0) is 14.8 Å². The number of benzene rings is 1. The van der Waals surface area contributed by atoms with Crippen molar-refractivity contribution >= 4 is 33.4 Å². The molecule has 11 heteroatoms. The molecule has 1 saturated carbocycles. The molecule has 0 radical (unpaired) electrons. The van der Waals surface area contributed by atoms with E-state index in [0.717, 1.165) is 35.6 Å². The maximum absolute atomic E-state index is 13.0. The maximum Gasteiger partial charge on any atom is 0.407 e. The summed E-state index contributed by atoms with van der Waals surface area (Å²) in [6.45, 7) is 9.29. The molecular weight excluding hydrogens is 500 g/mol. The topological polar surface area (TPSA) is 126 Å². The van der Waals surface area contributed by atoms with Crippen molar-refractivity contribution in [3.8, 4) is 10.4 Å². The lowest BCUT2D eigenvalue weighted by Gasteiger charge is -2.28. The van der Waals surface area contributed by atoms with Crippen molar-refractivity contribution in [1.29, 1.82) is 0 Å². The molecule has 2 amide bonds. The van der Waals surface area contributed by atoms with Crippen molar-refractivity contribution < 1.29 is 22.7 Å². The van der Waals surface area contributed by atoms with Gasteiger partial charge in [-0.2, -0.15) is 0 Å². The highest BCUT2D eigenvalue weighted by Crippen LogP contribution is 2.39. The third kappa shape index (κ3) is 7.27. The predicted octanol–water partition coefficient (Wildman–Crippen LogP) is 4.41. The first-order chi connectivity index (χ1) is 17.0. The lowest BCUT2D eigenvalue weighted by molar-refractivity contribution is 0.0942. The molecule has 1 aliphatic carbocycles. The second-order valence-corrected chi connectivity index (χ2v) is 12.3. The smallest absolute Gasteiger partial charge is 0.407 e. The number of amides is 2. The van der Waals surface area contributed by atoms with Crippen LogP contribution in [0.2, 0.25) is 0 Å². The van der Waals surface area contributed by atoms with Gasteiger partial charge in [-0.3, -0.25) is 4.79 Å². The minimum absolute atomic E-state index is 0.0625. The molecule has 0 saturated heterocycles. The van der Waals surface area contributed by atoms with Crippen LogP contribution in [0.25, 0.3) is 10.4 Å². The third-order valence-electron chi connectivity index (χ3n) is 5.82. The zero-order valence-corrected chi connectivity index (χ0v) is 23.1. The van der Waals surface area contributed by atoms with Gasteiger partial charge in [0, 0.05) is 41.9 Å². The van der Waals surface area contributed by atoms with Crippen LogP contribution in [0.15, 0.2) is 29.3 Å². The third-order valence-corrected chi connectivity index (χ3v) is 8.60. The van der Waals surface area contributed by atoms with Crippen molar-refractivity contribution in [3.63, 3.8) is 0 Å². The van der Waals surface area contributed by atoms with Crippen LogP contribution in [-0.4, -0.2) is 50.1 Å². The highest BCUT2D eigenvalue weighted by molar-refractivity contribution is 7.89. The normalized spacial score (nSPS) is 18.3. The molecule has 0 unspecified atom stereocenters. The van der Waals surface area contributed by atoms with Crippen molar-refractivity contribution in [1.82, 2.24) is 20.3 Å². The summed E-state index contributed by atoms with van der Waals surface area (Å²) in [5.74, 6) is -0.0787. The Kier molecular flexibility index (Phi) is 9.48. The second kappa shape index (κ2) is 12.2. The summed E-state index contributed by atoms with van der Waals surface area (Å²) in [5, 5.41) is 6.68. The number of thiazole rings is 1. The van der Waals surface area contributed by atoms with E-state index in [1.165, 1.54) is 17.4 Å². The number of hydrogen-bond donors (Lipinski definition) is 3. The summed E-state index contributed by atoms with van der Waals surface area (Å²) < 4.78 is 33.8. The molecule has 0 aliphatic heterocycles. The van der Waals surface area contributed by atoms with Crippen molar-refractivity contribution in [2.24, 2.45) is 0 Å². The minimum Gasteiger partial charge on any atom is -0.447 e. The molecule has 36 heavy (non-hydrogen) atoms. The maximum atomic E-state index is 13.0. The van der Waals surface area contributed by atoms with E-state index in [9.17, 15) is 18.0 Å². The number of alkyl carbamates (subject to hydrolysis) is 1. The van der Waals surface area contributed by atoms with Gasteiger partial charge in [-0.25, -0.2) is 22.9 Å². The summed E-state index contributed by atoms with van der Waals surface area (Å²) in [7, 11) is -3.82. The standard InChI is InChI=1S/C25H36N4O5S2/c1-6-27-36(32,33)22-13-18(23(30)28-15(2)3)9-12-20(22)21-14-26-24(35-21)17-7-10-19(11-8-17)29-25(31)34-16(4)5/h9,12-17,19,27H,6-8,10-11H2,1-5H3,(H,28,30)(H,29,31). The van der Waals surface area contributed by atoms with E-state index in [4.69, 9.17) is 4.74 Å². The first kappa shape index (κ1) is 28.1. The van der Waals surface area contributed by atoms with Crippen molar-refractivity contribution in [2.75, 3.05) is 6.54 Å². The summed E-state index contributed by atoms with van der Waals surface area (Å²) in [5.41, 5.74) is 0.808. The van der Waals surface area contributed by atoms with Crippen LogP contribution in [0, 0.1) is 0 Å². The van der Waals surface area contributed by atoms with Gasteiger partial charge in [0.1, 0.15) is 0 Å². The molecule has 1 aromatic heterocycles. The molecule has 1 fully saturated rings. The van der Waals surface area contributed by atoms with E-state index in [-0.39, 0.29) is 53.1 Å². The van der Waals surface area contributed by atoms with Crippen LogP contribution < -0.4 is 15.4 Å². The second-order valence-electron chi connectivity index (χ2n) is 9.55. The van der Waals surface area contributed by atoms with Gasteiger partial charge in [0.15, 0.2) is 0 Å². The van der Waals surface area contributed by atoms with Crippen LogP contribution >= 0.6 is 11.3 Å². The summed E-state index contributed by atoms with van der Waals surface area (Å²) in [6.07, 6.45) is 4.56. The first-order valence-electron chi connectivity index (χ1n) is 12.4. The lowest BCUT2D eigenvalue weighted by Crippen LogP contribution is -2.38. The lowest BCUT2D eigenvalue weighted by atomic mass is 9.86. The Balaban J connectivity index is 1.80. The average molecular weight is 537 g/mol. The Morgan fingerprint density at radius 3 is 2.44 bits per heavy atom. The fourth-order valence-electron chi connectivity index (χ4n) is 4.20. The molecule has 1 heterocycles. The van der Waals surface area contributed by atoms with Gasteiger partial charge in [0.25, 0.3) is 5.91 Å². The number of carbonyl (C=O) groups excluding carboxylic acids is 2. The van der Waals surface area contributed by atoms with E-state index in [1.54, 1.807) is 25.3 Å². The van der Waals surface area contributed by atoms with Gasteiger partial charge in [-0.15, -0.1) is 11.3 Å². The average Bonchev–Trinajstić information content (AvgIpc) is 3.28.